The van der Waals surface area contributed by atoms with Gasteiger partial charge >= 0.3 is 0 Å². The molecule has 1 aromatic carbocycles. The third kappa shape index (κ3) is 8.02. The van der Waals surface area contributed by atoms with Gasteiger partial charge in [0.15, 0.2) is 15.8 Å². The SMILES string of the molecule is CCNC(=NCCNS(=O)(=O)c1cccc([N+](=O)[O-])c1)NC1CCS(=O)(=O)C1.I. The summed E-state index contributed by atoms with van der Waals surface area (Å²) in [4.78, 5) is 14.1. The fourth-order valence-electron chi connectivity index (χ4n) is 2.62. The Morgan fingerprint density at radius 3 is 2.69 bits per heavy atom. The molecule has 1 aromatic rings. The maximum Gasteiger partial charge on any atom is 0.270 e. The maximum atomic E-state index is 12.2. The molecule has 0 saturated carbocycles. The fourth-order valence-corrected chi connectivity index (χ4v) is 5.35. The van der Waals surface area contributed by atoms with Crippen molar-refractivity contribution < 1.29 is 21.8 Å². The van der Waals surface area contributed by atoms with Crippen LogP contribution in [0.2, 0.25) is 0 Å². The standard InChI is InChI=1S/C15H23N5O6S2.HI/c1-2-16-15(19-12-6-9-27(23,24)11-12)17-7-8-18-28(25,26)14-5-3-4-13(10-14)20(21)22;/h3-5,10,12,18H,2,6-9,11H2,1H3,(H2,16,17,19);1H. The molecule has 0 radical (unpaired) electrons. The summed E-state index contributed by atoms with van der Waals surface area (Å²) in [5.74, 6) is 0.573. The number of nitrogens with one attached hydrogen (secondary N) is 3. The third-order valence-electron chi connectivity index (χ3n) is 3.93. The van der Waals surface area contributed by atoms with Crippen molar-refractivity contribution in [2.24, 2.45) is 4.99 Å². The van der Waals surface area contributed by atoms with Gasteiger partial charge in [-0.15, -0.1) is 24.0 Å². The number of benzene rings is 1. The van der Waals surface area contributed by atoms with Gasteiger partial charge in [0.25, 0.3) is 5.69 Å². The summed E-state index contributed by atoms with van der Waals surface area (Å²) in [7, 11) is -6.93. The van der Waals surface area contributed by atoms with Gasteiger partial charge in [-0.05, 0) is 19.4 Å². The van der Waals surface area contributed by atoms with Crippen molar-refractivity contribution in [3.05, 3.63) is 34.4 Å². The van der Waals surface area contributed by atoms with Crippen molar-refractivity contribution >= 4 is 55.5 Å². The first-order chi connectivity index (χ1) is 13.1. The Morgan fingerprint density at radius 2 is 2.10 bits per heavy atom. The number of hydrogen-bond acceptors (Lipinski definition) is 7. The first kappa shape index (κ1) is 25.5. The van der Waals surface area contributed by atoms with Crippen LogP contribution < -0.4 is 15.4 Å². The Balaban J connectivity index is 0.00000420. The number of halogens is 1. The van der Waals surface area contributed by atoms with Crippen LogP contribution in [0.25, 0.3) is 0 Å². The lowest BCUT2D eigenvalue weighted by molar-refractivity contribution is -0.385. The van der Waals surface area contributed by atoms with E-state index in [0.717, 1.165) is 6.07 Å². The van der Waals surface area contributed by atoms with Crippen molar-refractivity contribution in [1.82, 2.24) is 15.4 Å². The number of nitrogens with zero attached hydrogens (tertiary/aromatic N) is 2. The number of sulfonamides is 1. The van der Waals surface area contributed by atoms with Crippen molar-refractivity contribution in [3.63, 3.8) is 0 Å². The van der Waals surface area contributed by atoms with Gasteiger partial charge in [0.1, 0.15) is 0 Å². The Kier molecular flexibility index (Phi) is 9.70. The molecule has 0 spiro atoms. The lowest BCUT2D eigenvalue weighted by Gasteiger charge is -2.15. The largest absolute Gasteiger partial charge is 0.357 e. The van der Waals surface area contributed by atoms with E-state index in [9.17, 15) is 26.9 Å². The van der Waals surface area contributed by atoms with Crippen LogP contribution in [-0.2, 0) is 19.9 Å². The molecule has 164 valence electrons. The van der Waals surface area contributed by atoms with E-state index in [4.69, 9.17) is 0 Å². The molecule has 2 rings (SSSR count). The van der Waals surface area contributed by atoms with Gasteiger partial charge in [-0.3, -0.25) is 15.1 Å². The number of nitro groups is 1. The molecule has 1 atom stereocenters. The second-order valence-corrected chi connectivity index (χ2v) is 10.2. The first-order valence-electron chi connectivity index (χ1n) is 8.62. The second kappa shape index (κ2) is 11.0. The van der Waals surface area contributed by atoms with Gasteiger partial charge < -0.3 is 10.6 Å². The van der Waals surface area contributed by atoms with Gasteiger partial charge in [-0.2, -0.15) is 0 Å². The Labute approximate surface area is 186 Å². The highest BCUT2D eigenvalue weighted by atomic mass is 127. The van der Waals surface area contributed by atoms with E-state index in [0.29, 0.717) is 18.9 Å². The number of aliphatic imine (C=N–C) groups is 1. The fraction of sp³-hybridized carbons (Fsp3) is 0.533. The summed E-state index contributed by atoms with van der Waals surface area (Å²) in [5, 5.41) is 16.8. The minimum absolute atomic E-state index is 0. The van der Waals surface area contributed by atoms with Crippen molar-refractivity contribution in [2.45, 2.75) is 24.3 Å². The van der Waals surface area contributed by atoms with Crippen molar-refractivity contribution in [2.75, 3.05) is 31.1 Å². The first-order valence-corrected chi connectivity index (χ1v) is 11.9. The van der Waals surface area contributed by atoms with Gasteiger partial charge in [-0.1, -0.05) is 6.07 Å². The molecule has 1 aliphatic heterocycles. The minimum Gasteiger partial charge on any atom is -0.357 e. The average Bonchev–Trinajstić information content (AvgIpc) is 2.97. The molecule has 1 aliphatic rings. The predicted octanol–water partition coefficient (Wildman–Crippen LogP) is 0.233. The molecule has 3 N–H and O–H groups in total. The molecule has 0 bridgehead atoms. The molecule has 1 heterocycles. The van der Waals surface area contributed by atoms with Crippen LogP contribution in [0.3, 0.4) is 0 Å². The quantitative estimate of drug-likeness (QED) is 0.102. The van der Waals surface area contributed by atoms with Crippen LogP contribution >= 0.6 is 24.0 Å². The molecule has 1 fully saturated rings. The van der Waals surface area contributed by atoms with Crippen LogP contribution in [0.15, 0.2) is 34.2 Å². The van der Waals surface area contributed by atoms with Crippen LogP contribution in [-0.4, -0.2) is 64.9 Å². The number of nitro benzene ring substituents is 1. The van der Waals surface area contributed by atoms with E-state index in [1.165, 1.54) is 18.2 Å². The summed E-state index contributed by atoms with van der Waals surface area (Å²) in [6.07, 6.45) is 0.492. The lowest BCUT2D eigenvalue weighted by Crippen LogP contribution is -2.44. The Bertz CT molecular complexity index is 952. The van der Waals surface area contributed by atoms with Crippen LogP contribution in [0.5, 0.6) is 0 Å². The number of guanidine groups is 1. The molecule has 1 saturated heterocycles. The molecular weight excluding hydrogens is 537 g/mol. The number of rotatable bonds is 8. The zero-order valence-corrected chi connectivity index (χ0v) is 19.7. The highest BCUT2D eigenvalue weighted by Gasteiger charge is 2.28. The van der Waals surface area contributed by atoms with E-state index in [2.05, 4.69) is 20.3 Å². The molecule has 29 heavy (non-hydrogen) atoms. The van der Waals surface area contributed by atoms with Crippen molar-refractivity contribution in [1.29, 1.82) is 0 Å². The zero-order valence-electron chi connectivity index (χ0n) is 15.7. The topological polar surface area (TPSA) is 160 Å². The summed E-state index contributed by atoms with van der Waals surface area (Å²) >= 11 is 0. The summed E-state index contributed by atoms with van der Waals surface area (Å²) in [6.45, 7) is 2.49. The van der Waals surface area contributed by atoms with Gasteiger partial charge in [-0.25, -0.2) is 21.6 Å². The van der Waals surface area contributed by atoms with Gasteiger partial charge in [0.2, 0.25) is 10.0 Å². The van der Waals surface area contributed by atoms with Crippen LogP contribution in [0, 0.1) is 10.1 Å². The predicted molar refractivity (Wildman–Crippen MR) is 120 cm³/mol. The Morgan fingerprint density at radius 1 is 1.38 bits per heavy atom. The molecule has 11 nitrogen and oxygen atoms in total. The monoisotopic (exact) mass is 561 g/mol. The molecule has 14 heteroatoms. The average molecular weight is 561 g/mol. The second-order valence-electron chi connectivity index (χ2n) is 6.16. The highest BCUT2D eigenvalue weighted by Crippen LogP contribution is 2.17. The maximum absolute atomic E-state index is 12.2. The minimum atomic E-state index is -3.91. The summed E-state index contributed by atoms with van der Waals surface area (Å²) in [6, 6.07) is 4.53. The molecular formula is C15H24IN5O6S2. The smallest absolute Gasteiger partial charge is 0.270 e. The van der Waals surface area contributed by atoms with Crippen LogP contribution in [0.1, 0.15) is 13.3 Å². The molecule has 0 aliphatic carbocycles. The third-order valence-corrected chi connectivity index (χ3v) is 7.16. The number of hydrogen-bond donors (Lipinski definition) is 3. The number of non-ortho nitro benzene ring substituents is 1. The van der Waals surface area contributed by atoms with E-state index < -0.39 is 24.8 Å². The van der Waals surface area contributed by atoms with Gasteiger partial charge in [0, 0.05) is 31.3 Å². The molecule has 0 aromatic heterocycles. The van der Waals surface area contributed by atoms with E-state index in [1.807, 2.05) is 6.92 Å². The highest BCUT2D eigenvalue weighted by molar-refractivity contribution is 14.0. The molecule has 1 unspecified atom stereocenters. The summed E-state index contributed by atoms with van der Waals surface area (Å²) in [5.41, 5.74) is -0.314. The van der Waals surface area contributed by atoms with E-state index in [1.54, 1.807) is 0 Å². The van der Waals surface area contributed by atoms with Gasteiger partial charge in [0.05, 0.1) is 27.9 Å². The zero-order chi connectivity index (χ0) is 20.8. The normalized spacial score (nSPS) is 18.7. The van der Waals surface area contributed by atoms with E-state index >= 15 is 0 Å². The lowest BCUT2D eigenvalue weighted by atomic mass is 10.3. The van der Waals surface area contributed by atoms with Crippen molar-refractivity contribution in [3.8, 4) is 0 Å². The van der Waals surface area contributed by atoms with E-state index in [-0.39, 0.29) is 65.2 Å². The van der Waals surface area contributed by atoms with Crippen LogP contribution in [0.4, 0.5) is 5.69 Å². The number of sulfone groups is 1. The summed E-state index contributed by atoms with van der Waals surface area (Å²) < 4.78 is 49.9. The Hall–Kier alpha value is -1.52. The molecule has 0 amide bonds.